The molecule has 3 aliphatic rings. The Labute approximate surface area is 115 Å². The van der Waals surface area contributed by atoms with E-state index in [-0.39, 0.29) is 0 Å². The summed E-state index contributed by atoms with van der Waals surface area (Å²) in [6, 6.07) is 0. The summed E-state index contributed by atoms with van der Waals surface area (Å²) in [5, 5.41) is 3.45. The molecule has 3 atom stereocenters. The second kappa shape index (κ2) is 4.62. The Hall–Kier alpha value is -0.830. The monoisotopic (exact) mass is 259 g/mol. The SMILES string of the molecule is CCc1nc2c(n1CC1CC3CCC1C3)CCNC2. The molecule has 1 aromatic rings. The number of imidazole rings is 1. The van der Waals surface area contributed by atoms with Crippen molar-refractivity contribution in [2.75, 3.05) is 6.54 Å². The molecule has 4 rings (SSSR count). The number of fused-ring (bicyclic) bond motifs is 3. The zero-order chi connectivity index (χ0) is 12.8. The van der Waals surface area contributed by atoms with Crippen molar-refractivity contribution < 1.29 is 0 Å². The van der Waals surface area contributed by atoms with E-state index in [2.05, 4.69) is 16.8 Å². The molecule has 1 aromatic heterocycles. The van der Waals surface area contributed by atoms with E-state index in [0.29, 0.717) is 0 Å². The highest BCUT2D eigenvalue weighted by atomic mass is 15.1. The van der Waals surface area contributed by atoms with Gasteiger partial charge in [-0.1, -0.05) is 13.3 Å². The normalized spacial score (nSPS) is 32.8. The van der Waals surface area contributed by atoms with Crippen LogP contribution >= 0.6 is 0 Å². The van der Waals surface area contributed by atoms with Gasteiger partial charge in [-0.25, -0.2) is 4.98 Å². The van der Waals surface area contributed by atoms with Gasteiger partial charge in [-0.05, 0) is 37.0 Å². The Balaban J connectivity index is 1.61. The minimum atomic E-state index is 0.942. The van der Waals surface area contributed by atoms with Crippen LogP contribution in [0.4, 0.5) is 0 Å². The number of hydrogen-bond acceptors (Lipinski definition) is 2. The Bertz CT molecular complexity index is 477. The van der Waals surface area contributed by atoms with Crippen LogP contribution in [0, 0.1) is 17.8 Å². The van der Waals surface area contributed by atoms with Crippen LogP contribution in [0.2, 0.25) is 0 Å². The molecule has 0 radical (unpaired) electrons. The molecule has 0 aromatic carbocycles. The van der Waals surface area contributed by atoms with Gasteiger partial charge >= 0.3 is 0 Å². The van der Waals surface area contributed by atoms with Gasteiger partial charge < -0.3 is 9.88 Å². The first-order valence-electron chi connectivity index (χ1n) is 8.13. The molecule has 0 spiro atoms. The molecule has 2 aliphatic carbocycles. The third kappa shape index (κ3) is 1.94. The van der Waals surface area contributed by atoms with E-state index in [4.69, 9.17) is 4.98 Å². The highest BCUT2D eigenvalue weighted by molar-refractivity contribution is 5.20. The van der Waals surface area contributed by atoms with Crippen LogP contribution in [0.3, 0.4) is 0 Å². The lowest BCUT2D eigenvalue weighted by molar-refractivity contribution is 0.289. The van der Waals surface area contributed by atoms with Crippen molar-refractivity contribution in [3.05, 3.63) is 17.2 Å². The van der Waals surface area contributed by atoms with Gasteiger partial charge in [0.1, 0.15) is 5.82 Å². The molecular weight excluding hydrogens is 234 g/mol. The average molecular weight is 259 g/mol. The van der Waals surface area contributed by atoms with Crippen molar-refractivity contribution >= 4 is 0 Å². The molecule has 0 saturated heterocycles. The second-order valence-corrected chi connectivity index (χ2v) is 6.75. The predicted molar refractivity (Wildman–Crippen MR) is 76.0 cm³/mol. The summed E-state index contributed by atoms with van der Waals surface area (Å²) in [4.78, 5) is 4.87. The Morgan fingerprint density at radius 2 is 2.26 bits per heavy atom. The van der Waals surface area contributed by atoms with Gasteiger partial charge in [0.25, 0.3) is 0 Å². The number of aryl methyl sites for hydroxylation is 1. The van der Waals surface area contributed by atoms with Crippen molar-refractivity contribution in [1.82, 2.24) is 14.9 Å². The van der Waals surface area contributed by atoms with E-state index in [1.165, 1.54) is 50.2 Å². The maximum Gasteiger partial charge on any atom is 0.108 e. The summed E-state index contributed by atoms with van der Waals surface area (Å²) >= 11 is 0. The molecule has 2 saturated carbocycles. The zero-order valence-corrected chi connectivity index (χ0v) is 12.0. The summed E-state index contributed by atoms with van der Waals surface area (Å²) in [6.07, 6.45) is 8.25. The molecule has 3 heteroatoms. The minimum absolute atomic E-state index is 0.942. The number of hydrogen-bond donors (Lipinski definition) is 1. The van der Waals surface area contributed by atoms with Crippen LogP contribution in [0.5, 0.6) is 0 Å². The molecule has 104 valence electrons. The average Bonchev–Trinajstić information content (AvgIpc) is 3.13. The quantitative estimate of drug-likeness (QED) is 0.904. The first-order valence-corrected chi connectivity index (χ1v) is 8.13. The maximum atomic E-state index is 4.87. The van der Waals surface area contributed by atoms with Crippen molar-refractivity contribution in [3.63, 3.8) is 0 Å². The lowest BCUT2D eigenvalue weighted by Gasteiger charge is -2.25. The number of aromatic nitrogens is 2. The fourth-order valence-corrected chi connectivity index (χ4v) is 4.75. The zero-order valence-electron chi connectivity index (χ0n) is 12.0. The Morgan fingerprint density at radius 3 is 3.00 bits per heavy atom. The third-order valence-electron chi connectivity index (χ3n) is 5.68. The molecule has 0 amide bonds. The second-order valence-electron chi connectivity index (χ2n) is 6.75. The van der Waals surface area contributed by atoms with Gasteiger partial charge in [-0.3, -0.25) is 0 Å². The summed E-state index contributed by atoms with van der Waals surface area (Å²) in [7, 11) is 0. The van der Waals surface area contributed by atoms with Crippen LogP contribution in [0.15, 0.2) is 0 Å². The smallest absolute Gasteiger partial charge is 0.108 e. The number of nitrogens with one attached hydrogen (secondary N) is 1. The fourth-order valence-electron chi connectivity index (χ4n) is 4.75. The highest BCUT2D eigenvalue weighted by Crippen LogP contribution is 2.49. The lowest BCUT2D eigenvalue weighted by Crippen LogP contribution is -2.26. The first-order chi connectivity index (χ1) is 9.35. The van der Waals surface area contributed by atoms with Crippen LogP contribution in [0.1, 0.15) is 49.8 Å². The van der Waals surface area contributed by atoms with Gasteiger partial charge in [0, 0.05) is 38.2 Å². The minimum Gasteiger partial charge on any atom is -0.331 e. The Morgan fingerprint density at radius 1 is 1.32 bits per heavy atom. The highest BCUT2D eigenvalue weighted by Gasteiger charge is 2.40. The molecule has 3 unspecified atom stereocenters. The van der Waals surface area contributed by atoms with Crippen molar-refractivity contribution in [3.8, 4) is 0 Å². The van der Waals surface area contributed by atoms with Gasteiger partial charge in [0.15, 0.2) is 0 Å². The predicted octanol–water partition coefficient (Wildman–Crippen LogP) is 2.53. The summed E-state index contributed by atoms with van der Waals surface area (Å²) in [5.41, 5.74) is 2.87. The number of rotatable bonds is 3. The lowest BCUT2D eigenvalue weighted by atomic mass is 9.88. The largest absolute Gasteiger partial charge is 0.331 e. The number of nitrogens with zero attached hydrogens (tertiary/aromatic N) is 2. The summed E-state index contributed by atoms with van der Waals surface area (Å²) in [5.74, 6) is 4.35. The van der Waals surface area contributed by atoms with E-state index in [1.54, 1.807) is 5.69 Å². The van der Waals surface area contributed by atoms with E-state index in [0.717, 1.165) is 37.3 Å². The van der Waals surface area contributed by atoms with Crippen molar-refractivity contribution in [2.24, 2.45) is 17.8 Å². The van der Waals surface area contributed by atoms with Gasteiger partial charge in [0.2, 0.25) is 0 Å². The Kier molecular flexibility index (Phi) is 2.91. The summed E-state index contributed by atoms with van der Waals surface area (Å²) < 4.78 is 2.60. The molecule has 2 fully saturated rings. The molecule has 2 bridgehead atoms. The van der Waals surface area contributed by atoms with Gasteiger partial charge in [-0.15, -0.1) is 0 Å². The molecule has 3 nitrogen and oxygen atoms in total. The van der Waals surface area contributed by atoms with Gasteiger partial charge in [0.05, 0.1) is 5.69 Å². The first kappa shape index (κ1) is 12.0. The fraction of sp³-hybridized carbons (Fsp3) is 0.812. The molecular formula is C16H25N3. The molecule has 2 heterocycles. The van der Waals surface area contributed by atoms with E-state index in [9.17, 15) is 0 Å². The topological polar surface area (TPSA) is 29.9 Å². The standard InChI is InChI=1S/C16H25N3/c1-2-16-18-14-9-17-6-5-15(14)19(16)10-13-8-11-3-4-12(13)7-11/h11-13,17H,2-10H2,1H3. The summed E-state index contributed by atoms with van der Waals surface area (Å²) in [6.45, 7) is 5.61. The van der Waals surface area contributed by atoms with E-state index in [1.807, 2.05) is 0 Å². The van der Waals surface area contributed by atoms with Crippen LogP contribution in [0.25, 0.3) is 0 Å². The molecule has 1 N–H and O–H groups in total. The van der Waals surface area contributed by atoms with E-state index >= 15 is 0 Å². The molecule has 1 aliphatic heterocycles. The van der Waals surface area contributed by atoms with Crippen LogP contribution in [-0.2, 0) is 25.9 Å². The van der Waals surface area contributed by atoms with Gasteiger partial charge in [-0.2, -0.15) is 0 Å². The van der Waals surface area contributed by atoms with Crippen molar-refractivity contribution in [2.45, 2.75) is 58.5 Å². The third-order valence-corrected chi connectivity index (χ3v) is 5.68. The van der Waals surface area contributed by atoms with Crippen molar-refractivity contribution in [1.29, 1.82) is 0 Å². The maximum absolute atomic E-state index is 4.87. The van der Waals surface area contributed by atoms with E-state index < -0.39 is 0 Å². The molecule has 19 heavy (non-hydrogen) atoms. The van der Waals surface area contributed by atoms with Crippen LogP contribution in [-0.4, -0.2) is 16.1 Å². The van der Waals surface area contributed by atoms with Crippen LogP contribution < -0.4 is 5.32 Å².